The van der Waals surface area contributed by atoms with Gasteiger partial charge < -0.3 is 27.8 Å². The van der Waals surface area contributed by atoms with Crippen LogP contribution >= 0.6 is 23.5 Å². The van der Waals surface area contributed by atoms with E-state index >= 15 is 0 Å². The summed E-state index contributed by atoms with van der Waals surface area (Å²) in [5.41, 5.74) is -3.55. The lowest BCUT2D eigenvalue weighted by molar-refractivity contribution is -0.369. The average molecular weight is 542 g/mol. The molecule has 0 saturated carbocycles. The average Bonchev–Trinajstić information content (AvgIpc) is 3.00. The molecule has 0 aromatic carbocycles. The van der Waals surface area contributed by atoms with Crippen molar-refractivity contribution in [3.8, 4) is 23.3 Å². The van der Waals surface area contributed by atoms with E-state index in [1.165, 1.54) is 0 Å². The number of ether oxygens (including phenoxy) is 1. The lowest BCUT2D eigenvalue weighted by Crippen LogP contribution is -2.58. The lowest BCUT2D eigenvalue weighted by Gasteiger charge is -2.48. The number of rotatable bonds is 3. The molecule has 10 aliphatic heterocycles. The molecule has 2 aromatic heterocycles. The van der Waals surface area contributed by atoms with Crippen LogP contribution in [0.1, 0.15) is 11.3 Å². The van der Waals surface area contributed by atoms with Crippen molar-refractivity contribution in [1.82, 2.24) is 9.30 Å². The summed E-state index contributed by atoms with van der Waals surface area (Å²) in [5.74, 6) is -8.75. The molecule has 1 saturated heterocycles. The van der Waals surface area contributed by atoms with Gasteiger partial charge in [-0.1, -0.05) is 4.73 Å². The number of hydrogen-bond donors (Lipinski definition) is 1. The van der Waals surface area contributed by atoms with Gasteiger partial charge in [0.15, 0.2) is 5.56 Å². The number of aromatic nitrogens is 2. The molecular formula is C12H5N2O17P3. The van der Waals surface area contributed by atoms with Gasteiger partial charge in [-0.2, -0.15) is 4.57 Å². The molecule has 34 heavy (non-hydrogen) atoms. The standard InChI is InChI=1S/C12H5N2O17P3/c15-1-2-21-4-5-9-22-6(4)11(26-32(18,23-5)25-9)13-8-3-7(16)14(10(13)17)31-33(19,24-8)28-12(3)29-34(20,27-11)30-12/h15H,1-2H2. The number of furan rings is 1. The Kier molecular flexibility index (Phi) is 3.07. The van der Waals surface area contributed by atoms with Crippen LogP contribution in [-0.4, -0.2) is 27.6 Å². The third kappa shape index (κ3) is 1.98. The van der Waals surface area contributed by atoms with Crippen molar-refractivity contribution in [1.29, 1.82) is 0 Å². The smallest absolute Gasteiger partial charge is 0.484 e. The summed E-state index contributed by atoms with van der Waals surface area (Å²) in [6, 6.07) is 0. The molecule has 2 spiro atoms. The van der Waals surface area contributed by atoms with E-state index in [0.29, 0.717) is 4.57 Å². The van der Waals surface area contributed by atoms with Crippen LogP contribution in [0, 0.1) is 0 Å². The Bertz CT molecular complexity index is 1640. The fourth-order valence-electron chi connectivity index (χ4n) is 4.03. The molecule has 12 rings (SSSR count). The molecule has 0 radical (unpaired) electrons. The summed E-state index contributed by atoms with van der Waals surface area (Å²) in [6.07, 6.45) is 0. The quantitative estimate of drug-likeness (QED) is 0.496. The van der Waals surface area contributed by atoms with Crippen LogP contribution in [0.4, 0.5) is 0 Å². The topological polar surface area (TPSA) is 221 Å². The zero-order chi connectivity index (χ0) is 23.5. The fraction of sp³-hybridized carbons (Fsp3) is 0.333. The van der Waals surface area contributed by atoms with Crippen molar-refractivity contribution >= 4 is 23.5 Å². The maximum Gasteiger partial charge on any atom is 0.613 e. The van der Waals surface area contributed by atoms with E-state index in [-0.39, 0.29) is 11.3 Å². The molecular weight excluding hydrogens is 537 g/mol. The highest BCUT2D eigenvalue weighted by atomic mass is 31.2. The van der Waals surface area contributed by atoms with Crippen molar-refractivity contribution in [3.05, 3.63) is 32.2 Å². The first kappa shape index (κ1) is 19.7. The molecule has 180 valence electrons. The number of hydrogen-bond acceptors (Lipinski definition) is 17. The number of phosphoric ester groups is 3. The van der Waals surface area contributed by atoms with Gasteiger partial charge in [0, 0.05) is 0 Å². The van der Waals surface area contributed by atoms with Gasteiger partial charge in [0.1, 0.15) is 6.61 Å². The molecule has 3 unspecified atom stereocenters. The van der Waals surface area contributed by atoms with Gasteiger partial charge in [-0.3, -0.25) is 9.42 Å². The minimum absolute atomic E-state index is 0.0362. The Balaban J connectivity index is 1.54. The summed E-state index contributed by atoms with van der Waals surface area (Å²) in [7, 11) is -14.5. The third-order valence-electron chi connectivity index (χ3n) is 5.14. The Morgan fingerprint density at radius 2 is 1.68 bits per heavy atom. The monoisotopic (exact) mass is 542 g/mol. The molecule has 0 aliphatic carbocycles. The number of aliphatic hydroxyl groups is 1. The predicted octanol–water partition coefficient (Wildman–Crippen LogP) is -0.203. The first-order valence-electron chi connectivity index (χ1n) is 9.00. The molecule has 2 aromatic rings. The Labute approximate surface area is 182 Å². The SMILES string of the molecule is O=c1c2c3n4c(=O)n1OP(=O)(O3)OC21OP(=O)(O1)OC41OP2(=O)Oc3oc1c(OCCO)c3O2. The van der Waals surface area contributed by atoms with Gasteiger partial charge >= 0.3 is 52.5 Å². The normalized spacial score (nSPS) is 40.5. The summed E-state index contributed by atoms with van der Waals surface area (Å²) in [5, 5.41) is 9.18. The number of nitrogens with zero attached hydrogens (tertiary/aromatic N) is 2. The van der Waals surface area contributed by atoms with Gasteiger partial charge in [0.05, 0.1) is 6.61 Å². The Morgan fingerprint density at radius 1 is 0.941 bits per heavy atom. The van der Waals surface area contributed by atoms with Gasteiger partial charge in [-0.25, -0.2) is 41.1 Å². The summed E-state index contributed by atoms with van der Waals surface area (Å²) in [4.78, 5) is 26.3. The molecule has 11 bridgehead atoms. The molecule has 12 heterocycles. The zero-order valence-electron chi connectivity index (χ0n) is 15.6. The second-order valence-electron chi connectivity index (χ2n) is 7.14. The second kappa shape index (κ2) is 5.31. The van der Waals surface area contributed by atoms with Crippen LogP contribution in [0.5, 0.6) is 23.3 Å². The minimum atomic E-state index is -4.86. The largest absolute Gasteiger partial charge is 0.613 e. The van der Waals surface area contributed by atoms with Crippen LogP contribution in [0.2, 0.25) is 0 Å². The molecule has 3 atom stereocenters. The highest BCUT2D eigenvalue weighted by Gasteiger charge is 2.78. The maximum absolute atomic E-state index is 13.4. The first-order valence-corrected chi connectivity index (χ1v) is 13.4. The van der Waals surface area contributed by atoms with Crippen molar-refractivity contribution in [2.75, 3.05) is 13.2 Å². The van der Waals surface area contributed by atoms with Crippen LogP contribution in [0.25, 0.3) is 0 Å². The lowest BCUT2D eigenvalue weighted by atomic mass is 10.2. The fourth-order valence-corrected chi connectivity index (χ4v) is 8.25. The second-order valence-corrected chi connectivity index (χ2v) is 11.4. The molecule has 1 N–H and O–H groups in total. The summed E-state index contributed by atoms with van der Waals surface area (Å²) < 4.78 is 96.9. The third-order valence-corrected chi connectivity index (χ3v) is 9.03. The highest BCUT2D eigenvalue weighted by Crippen LogP contribution is 2.81. The maximum atomic E-state index is 13.4. The van der Waals surface area contributed by atoms with Crippen LogP contribution in [-0.2, 0) is 48.2 Å². The van der Waals surface area contributed by atoms with E-state index < -0.39 is 87.9 Å². The molecule has 1 fully saturated rings. The predicted molar refractivity (Wildman–Crippen MR) is 91.7 cm³/mol. The van der Waals surface area contributed by atoms with Gasteiger partial charge in [-0.15, -0.1) is 0 Å². The van der Waals surface area contributed by atoms with E-state index in [0.717, 1.165) is 0 Å². The van der Waals surface area contributed by atoms with E-state index in [1.807, 2.05) is 0 Å². The first-order chi connectivity index (χ1) is 16.0. The van der Waals surface area contributed by atoms with Crippen LogP contribution < -0.4 is 34.2 Å². The highest BCUT2D eigenvalue weighted by molar-refractivity contribution is 7.51. The van der Waals surface area contributed by atoms with E-state index in [1.54, 1.807) is 0 Å². The van der Waals surface area contributed by atoms with Gasteiger partial charge in [-0.05, 0) is 0 Å². The van der Waals surface area contributed by atoms with Gasteiger partial charge in [0.25, 0.3) is 5.75 Å². The number of phosphoric acid groups is 3. The van der Waals surface area contributed by atoms with E-state index in [2.05, 4.69) is 0 Å². The van der Waals surface area contributed by atoms with Crippen LogP contribution in [0.15, 0.2) is 14.0 Å². The van der Waals surface area contributed by atoms with Crippen molar-refractivity contribution in [3.63, 3.8) is 0 Å². The minimum Gasteiger partial charge on any atom is -0.484 e. The molecule has 19 nitrogen and oxygen atoms in total. The van der Waals surface area contributed by atoms with Gasteiger partial charge in [0.2, 0.25) is 17.4 Å². The van der Waals surface area contributed by atoms with Crippen molar-refractivity contribution in [2.45, 2.75) is 11.9 Å². The molecule has 0 amide bonds. The summed E-state index contributed by atoms with van der Waals surface area (Å²) in [6.45, 7) is -0.900. The Hall–Kier alpha value is -2.59. The van der Waals surface area contributed by atoms with Crippen LogP contribution in [0.3, 0.4) is 0 Å². The summed E-state index contributed by atoms with van der Waals surface area (Å²) >= 11 is 0. The number of aliphatic hydroxyl groups excluding tert-OH is 1. The Morgan fingerprint density at radius 3 is 2.44 bits per heavy atom. The van der Waals surface area contributed by atoms with E-state index in [9.17, 15) is 28.4 Å². The molecule has 22 heteroatoms. The zero-order valence-corrected chi connectivity index (χ0v) is 18.3. The van der Waals surface area contributed by atoms with E-state index in [4.69, 9.17) is 50.0 Å². The molecule has 10 aliphatic rings. The van der Waals surface area contributed by atoms with Crippen molar-refractivity contribution in [2.24, 2.45) is 0 Å². The van der Waals surface area contributed by atoms with Crippen molar-refractivity contribution < 1.29 is 68.8 Å².